The van der Waals surface area contributed by atoms with Gasteiger partial charge in [-0.15, -0.1) is 0 Å². The number of nitrogens with zero attached hydrogens (tertiary/aromatic N) is 1. The molecule has 1 heterocycles. The minimum atomic E-state index is -0.532. The summed E-state index contributed by atoms with van der Waals surface area (Å²) in [6, 6.07) is 7.49. The minimum Gasteiger partial charge on any atom is -0.380 e. The van der Waals surface area contributed by atoms with Crippen molar-refractivity contribution in [1.29, 1.82) is 0 Å². The average molecular weight is 289 g/mol. The van der Waals surface area contributed by atoms with Crippen LogP contribution in [0.2, 0.25) is 0 Å². The van der Waals surface area contributed by atoms with Crippen molar-refractivity contribution in [3.63, 3.8) is 0 Å². The van der Waals surface area contributed by atoms with Crippen molar-refractivity contribution in [3.05, 3.63) is 36.0 Å². The van der Waals surface area contributed by atoms with Gasteiger partial charge in [-0.2, -0.15) is 0 Å². The van der Waals surface area contributed by atoms with Gasteiger partial charge in [0.05, 0.1) is 12.6 Å². The molecule has 3 N–H and O–H groups in total. The number of fused-ring (bicyclic) bond motifs is 1. The molecule has 0 spiro atoms. The Bertz CT molecular complexity index is 594. The van der Waals surface area contributed by atoms with E-state index in [1.54, 1.807) is 11.9 Å². The second-order valence-corrected chi connectivity index (χ2v) is 5.13. The molecule has 21 heavy (non-hydrogen) atoms. The molecule has 0 saturated heterocycles. The van der Waals surface area contributed by atoms with Gasteiger partial charge in [0, 0.05) is 37.3 Å². The van der Waals surface area contributed by atoms with Crippen LogP contribution in [-0.2, 0) is 16.0 Å². The summed E-state index contributed by atoms with van der Waals surface area (Å²) in [6.45, 7) is 3.70. The number of nitrogens with one attached hydrogen (secondary N) is 1. The normalized spacial score (nSPS) is 12.5. The zero-order valence-corrected chi connectivity index (χ0v) is 12.6. The van der Waals surface area contributed by atoms with Crippen molar-refractivity contribution in [2.45, 2.75) is 19.4 Å². The van der Waals surface area contributed by atoms with E-state index in [1.165, 1.54) is 0 Å². The van der Waals surface area contributed by atoms with E-state index >= 15 is 0 Å². The van der Waals surface area contributed by atoms with Crippen molar-refractivity contribution in [2.24, 2.45) is 5.73 Å². The highest BCUT2D eigenvalue weighted by Gasteiger charge is 2.19. The Morgan fingerprint density at radius 1 is 1.43 bits per heavy atom. The number of hydrogen-bond donors (Lipinski definition) is 2. The second-order valence-electron chi connectivity index (χ2n) is 5.13. The lowest BCUT2D eigenvalue weighted by molar-refractivity contribution is -0.131. The zero-order valence-electron chi connectivity index (χ0n) is 12.6. The molecule has 0 unspecified atom stereocenters. The van der Waals surface area contributed by atoms with Crippen LogP contribution in [0.15, 0.2) is 30.5 Å². The summed E-state index contributed by atoms with van der Waals surface area (Å²) in [5.74, 6) is -0.0556. The lowest BCUT2D eigenvalue weighted by Gasteiger charge is -2.21. The predicted molar refractivity (Wildman–Crippen MR) is 84.1 cm³/mol. The Morgan fingerprint density at radius 2 is 2.19 bits per heavy atom. The molecule has 0 aliphatic carbocycles. The number of rotatable bonds is 7. The lowest BCUT2D eigenvalue weighted by Crippen LogP contribution is -2.44. The van der Waals surface area contributed by atoms with Crippen molar-refractivity contribution >= 4 is 16.8 Å². The first-order valence-corrected chi connectivity index (χ1v) is 7.26. The van der Waals surface area contributed by atoms with Gasteiger partial charge in [0.1, 0.15) is 0 Å². The van der Waals surface area contributed by atoms with E-state index in [0.717, 1.165) is 16.5 Å². The Morgan fingerprint density at radius 3 is 2.95 bits per heavy atom. The fourth-order valence-electron chi connectivity index (χ4n) is 2.36. The molecule has 0 radical (unpaired) electrons. The first-order valence-electron chi connectivity index (χ1n) is 7.26. The Hall–Kier alpha value is -1.85. The van der Waals surface area contributed by atoms with Crippen LogP contribution in [0, 0.1) is 0 Å². The molecule has 5 heteroatoms. The van der Waals surface area contributed by atoms with Gasteiger partial charge in [-0.05, 0) is 25.0 Å². The molecular formula is C16H23N3O2. The number of aromatic nitrogens is 1. The zero-order chi connectivity index (χ0) is 15.2. The molecule has 0 fully saturated rings. The highest BCUT2D eigenvalue weighted by atomic mass is 16.5. The summed E-state index contributed by atoms with van der Waals surface area (Å²) in [5, 5.41) is 1.12. The first kappa shape index (κ1) is 15.5. The van der Waals surface area contributed by atoms with Crippen molar-refractivity contribution in [2.75, 3.05) is 26.8 Å². The number of benzene rings is 1. The fourth-order valence-corrected chi connectivity index (χ4v) is 2.36. The number of carbonyl (C=O) groups excluding carboxylic acids is 1. The molecule has 0 aliphatic rings. The molecule has 0 aliphatic heterocycles. The monoisotopic (exact) mass is 289 g/mol. The smallest absolute Gasteiger partial charge is 0.239 e. The third-order valence-electron chi connectivity index (χ3n) is 3.58. The van der Waals surface area contributed by atoms with Gasteiger partial charge in [0.25, 0.3) is 0 Å². The molecule has 1 amide bonds. The molecule has 5 nitrogen and oxygen atoms in total. The topological polar surface area (TPSA) is 71.3 Å². The number of hydrogen-bond acceptors (Lipinski definition) is 3. The lowest BCUT2D eigenvalue weighted by atomic mass is 10.0. The van der Waals surface area contributed by atoms with Crippen LogP contribution in [-0.4, -0.2) is 48.6 Å². The maximum absolute atomic E-state index is 12.2. The first-order chi connectivity index (χ1) is 10.1. The van der Waals surface area contributed by atoms with E-state index in [1.807, 2.05) is 37.4 Å². The van der Waals surface area contributed by atoms with Gasteiger partial charge in [-0.25, -0.2) is 0 Å². The number of ether oxygens (including phenoxy) is 1. The van der Waals surface area contributed by atoms with Crippen LogP contribution in [0.1, 0.15) is 12.5 Å². The molecule has 2 aromatic rings. The molecule has 1 aromatic carbocycles. The summed E-state index contributed by atoms with van der Waals surface area (Å²) >= 11 is 0. The van der Waals surface area contributed by atoms with Crippen molar-refractivity contribution < 1.29 is 9.53 Å². The highest BCUT2D eigenvalue weighted by Crippen LogP contribution is 2.19. The number of carbonyl (C=O) groups is 1. The molecule has 114 valence electrons. The van der Waals surface area contributed by atoms with E-state index < -0.39 is 6.04 Å². The number of likely N-dealkylation sites (N-methyl/N-ethyl adjacent to an activating group) is 1. The molecule has 1 atom stereocenters. The highest BCUT2D eigenvalue weighted by molar-refractivity contribution is 5.86. The molecular weight excluding hydrogens is 266 g/mol. The molecule has 0 bridgehead atoms. The van der Waals surface area contributed by atoms with Crippen LogP contribution in [0.3, 0.4) is 0 Å². The van der Waals surface area contributed by atoms with E-state index in [2.05, 4.69) is 4.98 Å². The van der Waals surface area contributed by atoms with Gasteiger partial charge >= 0.3 is 0 Å². The summed E-state index contributed by atoms with van der Waals surface area (Å²) in [4.78, 5) is 17.1. The number of amides is 1. The van der Waals surface area contributed by atoms with Gasteiger partial charge in [0.15, 0.2) is 0 Å². The summed E-state index contributed by atoms with van der Waals surface area (Å²) in [5.41, 5.74) is 8.20. The van der Waals surface area contributed by atoms with E-state index in [-0.39, 0.29) is 5.91 Å². The van der Waals surface area contributed by atoms with Crippen LogP contribution in [0.5, 0.6) is 0 Å². The maximum atomic E-state index is 12.2. The average Bonchev–Trinajstić information content (AvgIpc) is 2.90. The summed E-state index contributed by atoms with van der Waals surface area (Å²) in [7, 11) is 1.76. The quantitative estimate of drug-likeness (QED) is 0.759. The van der Waals surface area contributed by atoms with Gasteiger partial charge in [0.2, 0.25) is 5.91 Å². The van der Waals surface area contributed by atoms with Crippen LogP contribution >= 0.6 is 0 Å². The van der Waals surface area contributed by atoms with E-state index in [4.69, 9.17) is 10.5 Å². The van der Waals surface area contributed by atoms with Gasteiger partial charge in [-0.1, -0.05) is 18.2 Å². The van der Waals surface area contributed by atoms with E-state index in [9.17, 15) is 4.79 Å². The number of nitrogens with two attached hydrogens (primary N) is 1. The minimum absolute atomic E-state index is 0.0556. The Labute approximate surface area is 125 Å². The van der Waals surface area contributed by atoms with E-state index in [0.29, 0.717) is 26.2 Å². The number of H-pyrrole nitrogens is 1. The second kappa shape index (κ2) is 7.24. The Balaban J connectivity index is 1.97. The summed E-state index contributed by atoms with van der Waals surface area (Å²) in [6.07, 6.45) is 2.46. The summed E-state index contributed by atoms with van der Waals surface area (Å²) < 4.78 is 5.26. The Kier molecular flexibility index (Phi) is 5.36. The van der Waals surface area contributed by atoms with Crippen molar-refractivity contribution in [3.8, 4) is 0 Å². The van der Waals surface area contributed by atoms with Crippen LogP contribution < -0.4 is 5.73 Å². The standard InChI is InChI=1S/C16H23N3O2/c1-3-21-9-8-19(2)16(20)14(17)10-12-11-18-15-7-5-4-6-13(12)15/h4-7,11,14,18H,3,8-10,17H2,1-2H3/t14-/m0/s1. The largest absolute Gasteiger partial charge is 0.380 e. The maximum Gasteiger partial charge on any atom is 0.239 e. The van der Waals surface area contributed by atoms with Gasteiger partial charge < -0.3 is 20.4 Å². The molecule has 0 saturated carbocycles. The third kappa shape index (κ3) is 3.83. The number of aromatic amines is 1. The fraction of sp³-hybridized carbons (Fsp3) is 0.438. The van der Waals surface area contributed by atoms with Crippen LogP contribution in [0.4, 0.5) is 0 Å². The SMILES string of the molecule is CCOCCN(C)C(=O)[C@@H](N)Cc1c[nH]c2ccccc12. The predicted octanol–water partition coefficient (Wildman–Crippen LogP) is 1.53. The van der Waals surface area contributed by atoms with Crippen molar-refractivity contribution in [1.82, 2.24) is 9.88 Å². The third-order valence-corrected chi connectivity index (χ3v) is 3.58. The van der Waals surface area contributed by atoms with Crippen LogP contribution in [0.25, 0.3) is 10.9 Å². The molecule has 1 aromatic heterocycles. The molecule has 2 rings (SSSR count). The number of para-hydroxylation sites is 1. The van der Waals surface area contributed by atoms with Gasteiger partial charge in [-0.3, -0.25) is 4.79 Å².